The molecule has 0 unspecified atom stereocenters. The van der Waals surface area contributed by atoms with Crippen LogP contribution >= 0.6 is 24.8 Å². The summed E-state index contributed by atoms with van der Waals surface area (Å²) in [5.74, 6) is 0.849. The van der Waals surface area contributed by atoms with Crippen LogP contribution in [0.3, 0.4) is 0 Å². The predicted molar refractivity (Wildman–Crippen MR) is 130 cm³/mol. The second kappa shape index (κ2) is 11.4. The van der Waals surface area contributed by atoms with E-state index >= 15 is 0 Å². The molecule has 0 atom stereocenters. The molecule has 156 valence electrons. The molecular weight excluding hydrogens is 417 g/mol. The quantitative estimate of drug-likeness (QED) is 0.527. The third-order valence-electron chi connectivity index (χ3n) is 4.76. The zero-order valence-electron chi connectivity index (χ0n) is 16.8. The van der Waals surface area contributed by atoms with Crippen molar-refractivity contribution in [2.75, 3.05) is 25.0 Å². The molecule has 1 aliphatic heterocycles. The molecule has 0 N–H and O–H groups in total. The van der Waals surface area contributed by atoms with Crippen LogP contribution < -0.4 is 9.64 Å². The smallest absolute Gasteiger partial charge is 0.120 e. The molecule has 6 heteroatoms. The van der Waals surface area contributed by atoms with Gasteiger partial charge in [-0.05, 0) is 47.5 Å². The van der Waals surface area contributed by atoms with Crippen LogP contribution in [0.15, 0.2) is 84.1 Å². The van der Waals surface area contributed by atoms with Crippen LogP contribution in [0.4, 0.5) is 5.69 Å². The van der Waals surface area contributed by atoms with Crippen LogP contribution in [0, 0.1) is 0 Å². The number of aromatic nitrogens is 1. The first-order valence-corrected chi connectivity index (χ1v) is 9.44. The van der Waals surface area contributed by atoms with E-state index in [9.17, 15) is 0 Å². The number of halogens is 2. The summed E-state index contributed by atoms with van der Waals surface area (Å²) < 4.78 is 5.92. The van der Waals surface area contributed by atoms with Crippen LogP contribution in [-0.2, 0) is 6.61 Å². The number of para-hydroxylation sites is 1. The Bertz CT molecular complexity index is 1010. The van der Waals surface area contributed by atoms with E-state index in [1.54, 1.807) is 12.4 Å². The second-order valence-electron chi connectivity index (χ2n) is 6.76. The number of ether oxygens (including phenoxy) is 1. The number of anilines is 1. The summed E-state index contributed by atoms with van der Waals surface area (Å²) in [4.78, 5) is 11.1. The summed E-state index contributed by atoms with van der Waals surface area (Å²) in [6.07, 6.45) is 7.75. The maximum absolute atomic E-state index is 5.92. The number of pyridine rings is 1. The van der Waals surface area contributed by atoms with Crippen molar-refractivity contribution < 1.29 is 4.74 Å². The van der Waals surface area contributed by atoms with E-state index in [1.165, 1.54) is 11.3 Å². The Balaban J connectivity index is 0.00000160. The lowest BCUT2D eigenvalue weighted by molar-refractivity contribution is 0.306. The number of rotatable bonds is 5. The van der Waals surface area contributed by atoms with Crippen LogP contribution in [-0.4, -0.2) is 30.8 Å². The average Bonchev–Trinajstić information content (AvgIpc) is 2.91. The molecule has 2 heterocycles. The Morgan fingerprint density at radius 1 is 0.967 bits per heavy atom. The fourth-order valence-corrected chi connectivity index (χ4v) is 3.22. The zero-order chi connectivity index (χ0) is 19.2. The summed E-state index contributed by atoms with van der Waals surface area (Å²) in [6, 6.07) is 20.5. The molecule has 0 aliphatic carbocycles. The molecule has 0 fully saturated rings. The van der Waals surface area contributed by atoms with Crippen molar-refractivity contribution >= 4 is 42.3 Å². The minimum atomic E-state index is 0. The average molecular weight is 442 g/mol. The molecule has 2 aromatic carbocycles. The number of nitrogens with zero attached hydrogens (tertiary/aromatic N) is 3. The summed E-state index contributed by atoms with van der Waals surface area (Å²) in [6.45, 7) is 2.24. The topological polar surface area (TPSA) is 37.7 Å². The molecule has 3 aromatic rings. The van der Waals surface area contributed by atoms with Gasteiger partial charge in [-0.3, -0.25) is 9.98 Å². The third kappa shape index (κ3) is 5.85. The number of aliphatic imine (C=N–C) groups is 1. The monoisotopic (exact) mass is 441 g/mol. The van der Waals surface area contributed by atoms with Crippen molar-refractivity contribution in [1.82, 2.24) is 4.98 Å². The lowest BCUT2D eigenvalue weighted by Gasteiger charge is -2.18. The first-order valence-electron chi connectivity index (χ1n) is 9.44. The second-order valence-corrected chi connectivity index (χ2v) is 6.76. The molecule has 4 nitrogen and oxygen atoms in total. The number of likely N-dealkylation sites (N-methyl/N-ethyl adjacent to an activating group) is 1. The van der Waals surface area contributed by atoms with Crippen molar-refractivity contribution in [2.24, 2.45) is 4.99 Å². The lowest BCUT2D eigenvalue weighted by Crippen LogP contribution is -2.20. The van der Waals surface area contributed by atoms with Crippen LogP contribution in [0.2, 0.25) is 0 Å². The number of benzodiazepines with no additional fused rings is 1. The highest BCUT2D eigenvalue weighted by Crippen LogP contribution is 2.23. The predicted octanol–water partition coefficient (Wildman–Crippen LogP) is 5.46. The van der Waals surface area contributed by atoms with E-state index in [1.807, 2.05) is 30.3 Å². The number of hydrogen-bond acceptors (Lipinski definition) is 4. The third-order valence-corrected chi connectivity index (χ3v) is 4.76. The van der Waals surface area contributed by atoms with Gasteiger partial charge in [-0.2, -0.15) is 0 Å². The highest BCUT2D eigenvalue weighted by Gasteiger charge is 2.13. The van der Waals surface area contributed by atoms with Crippen LogP contribution in [0.1, 0.15) is 16.7 Å². The molecule has 4 rings (SSSR count). The molecule has 0 radical (unpaired) electrons. The summed E-state index contributed by atoms with van der Waals surface area (Å²) in [5.41, 5.74) is 5.60. The Morgan fingerprint density at radius 2 is 1.77 bits per heavy atom. The molecule has 30 heavy (non-hydrogen) atoms. The molecule has 1 aromatic heterocycles. The molecule has 0 saturated carbocycles. The van der Waals surface area contributed by atoms with Gasteiger partial charge in [0.1, 0.15) is 12.4 Å². The van der Waals surface area contributed by atoms with E-state index in [0.717, 1.165) is 35.7 Å². The highest BCUT2D eigenvalue weighted by molar-refractivity contribution is 6.14. The van der Waals surface area contributed by atoms with Gasteiger partial charge in [0.25, 0.3) is 0 Å². The number of fused-ring (bicyclic) bond motifs is 1. The molecule has 0 spiro atoms. The van der Waals surface area contributed by atoms with Gasteiger partial charge in [-0.1, -0.05) is 36.4 Å². The fourth-order valence-electron chi connectivity index (χ4n) is 3.22. The number of benzene rings is 2. The normalized spacial score (nSPS) is 12.8. The van der Waals surface area contributed by atoms with Gasteiger partial charge in [0.15, 0.2) is 0 Å². The van der Waals surface area contributed by atoms with Crippen LogP contribution in [0.25, 0.3) is 6.08 Å². The van der Waals surface area contributed by atoms with Gasteiger partial charge in [-0.15, -0.1) is 24.8 Å². The van der Waals surface area contributed by atoms with E-state index in [0.29, 0.717) is 6.61 Å². The fraction of sp³-hybridized carbons (Fsp3) is 0.167. The largest absolute Gasteiger partial charge is 0.489 e. The SMILES string of the molecule is CN1CCN=C(/C=C/c2cccc(OCc3ccncc3)c2)c2ccccc21.Cl.Cl. The van der Waals surface area contributed by atoms with Crippen molar-refractivity contribution in [1.29, 1.82) is 0 Å². The van der Waals surface area contributed by atoms with Crippen molar-refractivity contribution in [3.05, 3.63) is 95.8 Å². The first-order chi connectivity index (χ1) is 13.8. The van der Waals surface area contributed by atoms with E-state index in [4.69, 9.17) is 9.73 Å². The number of allylic oxidation sites excluding steroid dienone is 1. The van der Waals surface area contributed by atoms with Gasteiger partial charge in [0.05, 0.1) is 12.3 Å². The first kappa shape index (κ1) is 23.5. The Kier molecular flexibility index (Phi) is 8.90. The Morgan fingerprint density at radius 3 is 2.60 bits per heavy atom. The van der Waals surface area contributed by atoms with E-state index in [2.05, 4.69) is 59.4 Å². The zero-order valence-corrected chi connectivity index (χ0v) is 18.4. The van der Waals surface area contributed by atoms with Crippen molar-refractivity contribution in [3.8, 4) is 5.75 Å². The van der Waals surface area contributed by atoms with Gasteiger partial charge in [0, 0.05) is 37.2 Å². The van der Waals surface area contributed by atoms with Crippen LogP contribution in [0.5, 0.6) is 5.75 Å². The highest BCUT2D eigenvalue weighted by atomic mass is 35.5. The summed E-state index contributed by atoms with van der Waals surface area (Å²) in [5, 5.41) is 0. The van der Waals surface area contributed by atoms with Gasteiger partial charge < -0.3 is 9.64 Å². The Hall–Kier alpha value is -2.82. The minimum Gasteiger partial charge on any atom is -0.489 e. The van der Waals surface area contributed by atoms with Crippen molar-refractivity contribution in [2.45, 2.75) is 6.61 Å². The van der Waals surface area contributed by atoms with E-state index < -0.39 is 0 Å². The molecular formula is C24H25Cl2N3O. The minimum absolute atomic E-state index is 0. The van der Waals surface area contributed by atoms with Gasteiger partial charge in [-0.25, -0.2) is 0 Å². The maximum atomic E-state index is 5.92. The van der Waals surface area contributed by atoms with Gasteiger partial charge in [0.2, 0.25) is 0 Å². The lowest BCUT2D eigenvalue weighted by atomic mass is 10.1. The maximum Gasteiger partial charge on any atom is 0.120 e. The molecule has 0 amide bonds. The summed E-state index contributed by atoms with van der Waals surface area (Å²) >= 11 is 0. The molecule has 0 bridgehead atoms. The van der Waals surface area contributed by atoms with Gasteiger partial charge >= 0.3 is 0 Å². The van der Waals surface area contributed by atoms with E-state index in [-0.39, 0.29) is 24.8 Å². The number of hydrogen-bond donors (Lipinski definition) is 0. The van der Waals surface area contributed by atoms with Crippen molar-refractivity contribution in [3.63, 3.8) is 0 Å². The molecule has 1 aliphatic rings. The summed E-state index contributed by atoms with van der Waals surface area (Å²) in [7, 11) is 2.12. The molecule has 0 saturated heterocycles. The standard InChI is InChI=1S/C24H23N3O.2ClH/c1-27-16-15-26-23(22-7-2-3-8-24(22)27)10-9-19-5-4-6-21(17-19)28-18-20-11-13-25-14-12-20;;/h2-14,17H,15-16,18H2,1H3;2*1H/b10-9+;;. The Labute approximate surface area is 190 Å².